The summed E-state index contributed by atoms with van der Waals surface area (Å²) in [7, 11) is 0. The van der Waals surface area contributed by atoms with E-state index in [0.717, 1.165) is 6.42 Å². The maximum absolute atomic E-state index is 3.88. The Kier molecular flexibility index (Phi) is 2.49. The minimum Gasteiger partial charge on any atom is -0.0955 e. The molecule has 1 aliphatic carbocycles. The van der Waals surface area contributed by atoms with Crippen molar-refractivity contribution in [3.8, 4) is 0 Å². The summed E-state index contributed by atoms with van der Waals surface area (Å²) in [4.78, 5) is 0. The highest BCUT2D eigenvalue weighted by Crippen LogP contribution is 2.16. The molecule has 0 atom stereocenters. The molecule has 0 aromatic heterocycles. The summed E-state index contributed by atoms with van der Waals surface area (Å²) in [6.07, 6.45) is 10.1. The number of hydrogen-bond donors (Lipinski definition) is 0. The van der Waals surface area contributed by atoms with Crippen LogP contribution in [0.4, 0.5) is 0 Å². The molecule has 0 bridgehead atoms. The summed E-state index contributed by atoms with van der Waals surface area (Å²) in [5.41, 5.74) is 2.69. The fourth-order valence-electron chi connectivity index (χ4n) is 1.10. The van der Waals surface area contributed by atoms with Crippen molar-refractivity contribution < 1.29 is 0 Å². The second-order valence-electron chi connectivity index (χ2n) is 2.72. The van der Waals surface area contributed by atoms with Crippen LogP contribution in [0.5, 0.6) is 0 Å². The van der Waals surface area contributed by atoms with Crippen LogP contribution in [0.3, 0.4) is 0 Å². The molecule has 0 fully saturated rings. The summed E-state index contributed by atoms with van der Waals surface area (Å²) in [5, 5.41) is 0. The molecule has 0 aliphatic heterocycles. The first-order valence-electron chi connectivity index (χ1n) is 3.88. The lowest BCUT2D eigenvalue weighted by Gasteiger charge is -2.05. The topological polar surface area (TPSA) is 0 Å². The average molecular weight is 134 g/mol. The quantitative estimate of drug-likeness (QED) is 0.544. The molecule has 0 nitrogen and oxygen atoms in total. The lowest BCUT2D eigenvalue weighted by atomic mass is 10.0. The predicted molar refractivity (Wildman–Crippen MR) is 45.9 cm³/mol. The first kappa shape index (κ1) is 7.33. The highest BCUT2D eigenvalue weighted by atomic mass is 14.0. The Morgan fingerprint density at radius 3 is 2.80 bits per heavy atom. The Morgan fingerprint density at radius 2 is 2.30 bits per heavy atom. The van der Waals surface area contributed by atoms with E-state index in [4.69, 9.17) is 0 Å². The number of allylic oxidation sites excluding steroid dienone is 5. The van der Waals surface area contributed by atoms with Gasteiger partial charge in [0, 0.05) is 0 Å². The molecule has 0 spiro atoms. The van der Waals surface area contributed by atoms with E-state index in [-0.39, 0.29) is 0 Å². The van der Waals surface area contributed by atoms with Gasteiger partial charge in [-0.05, 0) is 12.8 Å². The lowest BCUT2D eigenvalue weighted by Crippen LogP contribution is -1.85. The molecule has 0 heterocycles. The Bertz CT molecular complexity index is 182. The summed E-state index contributed by atoms with van der Waals surface area (Å²) >= 11 is 0. The zero-order valence-electron chi connectivity index (χ0n) is 6.56. The molecule has 0 saturated carbocycles. The summed E-state index contributed by atoms with van der Waals surface area (Å²) in [6, 6.07) is 0. The number of hydrogen-bond acceptors (Lipinski definition) is 0. The third-order valence-electron chi connectivity index (χ3n) is 1.70. The van der Waals surface area contributed by atoms with E-state index >= 15 is 0 Å². The van der Waals surface area contributed by atoms with Gasteiger partial charge in [-0.15, -0.1) is 0 Å². The monoisotopic (exact) mass is 134 g/mol. The molecule has 0 heteroatoms. The van der Waals surface area contributed by atoms with Crippen LogP contribution in [0, 0.1) is 0 Å². The Morgan fingerprint density at radius 1 is 1.50 bits per heavy atom. The average Bonchev–Trinajstić information content (AvgIpc) is 1.95. The highest BCUT2D eigenvalue weighted by molar-refractivity contribution is 5.33. The van der Waals surface area contributed by atoms with Gasteiger partial charge in [0.1, 0.15) is 0 Å². The van der Waals surface area contributed by atoms with Crippen molar-refractivity contribution in [3.63, 3.8) is 0 Å². The van der Waals surface area contributed by atoms with Crippen LogP contribution < -0.4 is 0 Å². The fourth-order valence-corrected chi connectivity index (χ4v) is 1.10. The van der Waals surface area contributed by atoms with E-state index in [0.29, 0.717) is 0 Å². The molecule has 0 radical (unpaired) electrons. The maximum atomic E-state index is 3.88. The SMILES string of the molecule is C=C1C=CC(CCC)=CC1. The van der Waals surface area contributed by atoms with Crippen molar-refractivity contribution >= 4 is 0 Å². The molecule has 1 aliphatic rings. The summed E-state index contributed by atoms with van der Waals surface area (Å²) in [6.45, 7) is 6.08. The molecule has 0 amide bonds. The molecule has 0 saturated heterocycles. The molecule has 54 valence electrons. The molecule has 0 unspecified atom stereocenters. The van der Waals surface area contributed by atoms with Crippen molar-refractivity contribution in [1.29, 1.82) is 0 Å². The minimum absolute atomic E-state index is 1.05. The molecule has 1 rings (SSSR count). The first-order valence-corrected chi connectivity index (χ1v) is 3.88. The Hall–Kier alpha value is -0.780. The van der Waals surface area contributed by atoms with Gasteiger partial charge in [-0.1, -0.05) is 49.3 Å². The van der Waals surface area contributed by atoms with Gasteiger partial charge in [-0.3, -0.25) is 0 Å². The molecule has 0 aromatic rings. The van der Waals surface area contributed by atoms with Crippen LogP contribution in [0.2, 0.25) is 0 Å². The standard InChI is InChI=1S/C10H14/c1-3-4-10-7-5-9(2)6-8-10/h5,7-8H,2-4,6H2,1H3. The predicted octanol–water partition coefficient (Wildman–Crippen LogP) is 3.23. The molecular weight excluding hydrogens is 120 g/mol. The van der Waals surface area contributed by atoms with Crippen LogP contribution in [0.15, 0.2) is 36.0 Å². The number of rotatable bonds is 2. The molecule has 0 N–H and O–H groups in total. The third-order valence-corrected chi connectivity index (χ3v) is 1.70. The zero-order valence-corrected chi connectivity index (χ0v) is 6.56. The van der Waals surface area contributed by atoms with E-state index in [9.17, 15) is 0 Å². The second-order valence-corrected chi connectivity index (χ2v) is 2.72. The van der Waals surface area contributed by atoms with Crippen LogP contribution in [0.25, 0.3) is 0 Å². The van der Waals surface area contributed by atoms with Crippen LogP contribution >= 0.6 is 0 Å². The van der Waals surface area contributed by atoms with Crippen molar-refractivity contribution in [2.24, 2.45) is 0 Å². The van der Waals surface area contributed by atoms with E-state index in [1.165, 1.54) is 24.0 Å². The van der Waals surface area contributed by atoms with E-state index in [2.05, 4.69) is 31.7 Å². The van der Waals surface area contributed by atoms with Crippen molar-refractivity contribution in [3.05, 3.63) is 36.0 Å². The van der Waals surface area contributed by atoms with Gasteiger partial charge in [-0.25, -0.2) is 0 Å². The highest BCUT2D eigenvalue weighted by Gasteiger charge is 1.96. The van der Waals surface area contributed by atoms with Gasteiger partial charge in [0.15, 0.2) is 0 Å². The largest absolute Gasteiger partial charge is 0.0955 e. The van der Waals surface area contributed by atoms with Gasteiger partial charge >= 0.3 is 0 Å². The molecule has 0 aromatic carbocycles. The van der Waals surface area contributed by atoms with E-state index in [1.54, 1.807) is 0 Å². The maximum Gasteiger partial charge on any atom is -0.00975 e. The first-order chi connectivity index (χ1) is 4.83. The van der Waals surface area contributed by atoms with Crippen LogP contribution in [-0.4, -0.2) is 0 Å². The van der Waals surface area contributed by atoms with Gasteiger partial charge in [0.2, 0.25) is 0 Å². The molecule has 10 heavy (non-hydrogen) atoms. The molecular formula is C10H14. The van der Waals surface area contributed by atoms with Gasteiger partial charge in [0.05, 0.1) is 0 Å². The van der Waals surface area contributed by atoms with Gasteiger partial charge in [-0.2, -0.15) is 0 Å². The van der Waals surface area contributed by atoms with Crippen LogP contribution in [-0.2, 0) is 0 Å². The Labute approximate surface area is 62.9 Å². The smallest absolute Gasteiger partial charge is 0.00975 e. The second kappa shape index (κ2) is 3.40. The normalized spacial score (nSPS) is 17.3. The summed E-state index contributed by atoms with van der Waals surface area (Å²) in [5.74, 6) is 0. The van der Waals surface area contributed by atoms with E-state index in [1.807, 2.05) is 0 Å². The van der Waals surface area contributed by atoms with Crippen molar-refractivity contribution in [1.82, 2.24) is 0 Å². The lowest BCUT2D eigenvalue weighted by molar-refractivity contribution is 0.915. The zero-order chi connectivity index (χ0) is 7.40. The summed E-state index contributed by atoms with van der Waals surface area (Å²) < 4.78 is 0. The third kappa shape index (κ3) is 1.87. The van der Waals surface area contributed by atoms with Crippen molar-refractivity contribution in [2.45, 2.75) is 26.2 Å². The van der Waals surface area contributed by atoms with Gasteiger partial charge < -0.3 is 0 Å². The van der Waals surface area contributed by atoms with Crippen molar-refractivity contribution in [2.75, 3.05) is 0 Å². The van der Waals surface area contributed by atoms with Crippen LogP contribution in [0.1, 0.15) is 26.2 Å². The van der Waals surface area contributed by atoms with Gasteiger partial charge in [0.25, 0.3) is 0 Å². The minimum atomic E-state index is 1.05. The van der Waals surface area contributed by atoms with E-state index < -0.39 is 0 Å². The fraction of sp³-hybridized carbons (Fsp3) is 0.400. The Balaban J connectivity index is 2.50.